The van der Waals surface area contributed by atoms with Gasteiger partial charge in [-0.05, 0) is 24.7 Å². The minimum absolute atomic E-state index is 0.0807. The van der Waals surface area contributed by atoms with Crippen molar-refractivity contribution in [1.82, 2.24) is 20.2 Å². The molecule has 0 bridgehead atoms. The van der Waals surface area contributed by atoms with Crippen molar-refractivity contribution in [1.29, 1.82) is 0 Å². The lowest BCUT2D eigenvalue weighted by Gasteiger charge is -2.18. The molecule has 0 aromatic carbocycles. The van der Waals surface area contributed by atoms with Gasteiger partial charge in [-0.3, -0.25) is 0 Å². The van der Waals surface area contributed by atoms with Gasteiger partial charge in [0.25, 0.3) is 0 Å². The van der Waals surface area contributed by atoms with Crippen LogP contribution in [0, 0.1) is 11.8 Å². The normalized spacial score (nSPS) is 22.2. The first-order valence-electron chi connectivity index (χ1n) is 7.60. The van der Waals surface area contributed by atoms with Gasteiger partial charge in [0.2, 0.25) is 0 Å². The fourth-order valence-electron chi connectivity index (χ4n) is 2.81. The van der Waals surface area contributed by atoms with Crippen molar-refractivity contribution in [3.8, 4) is 0 Å². The van der Waals surface area contributed by atoms with Crippen LogP contribution in [-0.2, 0) is 13.1 Å². The summed E-state index contributed by atoms with van der Waals surface area (Å²) in [5.41, 5.74) is 0. The Morgan fingerprint density at radius 2 is 2.30 bits per heavy atom. The summed E-state index contributed by atoms with van der Waals surface area (Å²) in [6.45, 7) is 7.95. The third-order valence-corrected chi connectivity index (χ3v) is 3.95. The number of amides is 2. The van der Waals surface area contributed by atoms with Gasteiger partial charge in [0.15, 0.2) is 0 Å². The van der Waals surface area contributed by atoms with Crippen LogP contribution in [0.25, 0.3) is 0 Å². The maximum absolute atomic E-state index is 11.9. The smallest absolute Gasteiger partial charge is 0.315 e. The number of carbonyl (C=O) groups is 1. The first kappa shape index (κ1) is 14.9. The van der Waals surface area contributed by atoms with E-state index in [0.29, 0.717) is 24.4 Å². The maximum atomic E-state index is 11.9. The molecule has 0 unspecified atom stereocenters. The summed E-state index contributed by atoms with van der Waals surface area (Å²) in [6, 6.07) is 0.244. The van der Waals surface area contributed by atoms with Crippen LogP contribution in [0.4, 0.5) is 4.79 Å². The molecule has 2 rings (SSSR count). The van der Waals surface area contributed by atoms with Crippen LogP contribution in [-0.4, -0.2) is 21.6 Å². The number of rotatable bonds is 5. The molecule has 2 amide bonds. The van der Waals surface area contributed by atoms with Gasteiger partial charge in [-0.1, -0.05) is 27.2 Å². The minimum atomic E-state index is -0.0807. The molecule has 1 saturated carbocycles. The zero-order chi connectivity index (χ0) is 14.5. The molecule has 1 aliphatic carbocycles. The lowest BCUT2D eigenvalue weighted by Crippen LogP contribution is -2.43. The van der Waals surface area contributed by atoms with E-state index in [-0.39, 0.29) is 6.03 Å². The molecule has 1 fully saturated rings. The van der Waals surface area contributed by atoms with E-state index in [1.54, 1.807) is 6.20 Å². The Kier molecular flexibility index (Phi) is 5.04. The van der Waals surface area contributed by atoms with Crippen LogP contribution in [0.15, 0.2) is 12.4 Å². The molecule has 0 radical (unpaired) electrons. The molecule has 1 aromatic rings. The third-order valence-electron chi connectivity index (χ3n) is 3.95. The van der Waals surface area contributed by atoms with Gasteiger partial charge in [0.05, 0.1) is 6.54 Å². The molecule has 1 aliphatic rings. The second-order valence-corrected chi connectivity index (χ2v) is 6.23. The summed E-state index contributed by atoms with van der Waals surface area (Å²) in [5.74, 6) is 2.06. The Hall–Kier alpha value is -1.52. The van der Waals surface area contributed by atoms with Gasteiger partial charge in [-0.25, -0.2) is 9.78 Å². The average molecular weight is 278 g/mol. The summed E-state index contributed by atoms with van der Waals surface area (Å²) >= 11 is 0. The molecular weight excluding hydrogens is 252 g/mol. The number of urea groups is 1. The number of carbonyl (C=O) groups excluding carboxylic acids is 1. The Balaban J connectivity index is 1.80. The van der Waals surface area contributed by atoms with Crippen LogP contribution in [0.1, 0.15) is 45.9 Å². The lowest BCUT2D eigenvalue weighted by molar-refractivity contribution is 0.233. The summed E-state index contributed by atoms with van der Waals surface area (Å²) in [4.78, 5) is 16.2. The monoisotopic (exact) mass is 278 g/mol. The van der Waals surface area contributed by atoms with Gasteiger partial charge in [0.1, 0.15) is 5.82 Å². The predicted molar refractivity (Wildman–Crippen MR) is 79.2 cm³/mol. The fourth-order valence-corrected chi connectivity index (χ4v) is 2.81. The second-order valence-electron chi connectivity index (χ2n) is 6.23. The third kappa shape index (κ3) is 3.99. The lowest BCUT2D eigenvalue weighted by atomic mass is 10.1. The molecule has 112 valence electrons. The summed E-state index contributed by atoms with van der Waals surface area (Å²) in [7, 11) is 0. The Labute approximate surface area is 121 Å². The number of imidazole rings is 1. The van der Waals surface area contributed by atoms with E-state index in [1.165, 1.54) is 12.8 Å². The molecular formula is C15H26N4O. The standard InChI is InChI=1S/C15H26N4O/c1-11(2)10-19-8-7-16-14(19)9-17-15(20)18-13-6-4-5-12(13)3/h7-8,11-13H,4-6,9-10H2,1-3H3,(H2,17,18,20)/t12-,13-/m0/s1. The second kappa shape index (κ2) is 6.77. The highest BCUT2D eigenvalue weighted by Gasteiger charge is 2.24. The fraction of sp³-hybridized carbons (Fsp3) is 0.733. The van der Waals surface area contributed by atoms with Crippen molar-refractivity contribution in [3.05, 3.63) is 18.2 Å². The molecule has 0 saturated heterocycles. The molecule has 2 atom stereocenters. The van der Waals surface area contributed by atoms with Crippen molar-refractivity contribution in [2.45, 2.75) is 59.2 Å². The summed E-state index contributed by atoms with van der Waals surface area (Å²) in [6.07, 6.45) is 7.27. The number of nitrogens with one attached hydrogen (secondary N) is 2. The van der Waals surface area contributed by atoms with Gasteiger partial charge in [0, 0.05) is 25.0 Å². The van der Waals surface area contributed by atoms with Crippen LogP contribution < -0.4 is 10.6 Å². The highest BCUT2D eigenvalue weighted by Crippen LogP contribution is 2.24. The van der Waals surface area contributed by atoms with Crippen molar-refractivity contribution >= 4 is 6.03 Å². The van der Waals surface area contributed by atoms with Crippen molar-refractivity contribution in [2.24, 2.45) is 11.8 Å². The number of hydrogen-bond donors (Lipinski definition) is 2. The Morgan fingerprint density at radius 3 is 2.95 bits per heavy atom. The van der Waals surface area contributed by atoms with E-state index >= 15 is 0 Å². The van der Waals surface area contributed by atoms with Gasteiger partial charge >= 0.3 is 6.03 Å². The minimum Gasteiger partial charge on any atom is -0.335 e. The zero-order valence-electron chi connectivity index (χ0n) is 12.7. The highest BCUT2D eigenvalue weighted by atomic mass is 16.2. The van der Waals surface area contributed by atoms with Crippen LogP contribution >= 0.6 is 0 Å². The number of hydrogen-bond acceptors (Lipinski definition) is 2. The molecule has 0 aliphatic heterocycles. The number of aromatic nitrogens is 2. The topological polar surface area (TPSA) is 59.0 Å². The molecule has 1 heterocycles. The van der Waals surface area contributed by atoms with Gasteiger partial charge in [-0.2, -0.15) is 0 Å². The van der Waals surface area contributed by atoms with E-state index in [2.05, 4.69) is 41.0 Å². The molecule has 0 spiro atoms. The Bertz CT molecular complexity index is 441. The van der Waals surface area contributed by atoms with E-state index < -0.39 is 0 Å². The van der Waals surface area contributed by atoms with E-state index in [4.69, 9.17) is 0 Å². The first-order chi connectivity index (χ1) is 9.56. The molecule has 5 nitrogen and oxygen atoms in total. The van der Waals surface area contributed by atoms with Crippen LogP contribution in [0.5, 0.6) is 0 Å². The molecule has 2 N–H and O–H groups in total. The zero-order valence-corrected chi connectivity index (χ0v) is 12.7. The van der Waals surface area contributed by atoms with Crippen LogP contribution in [0.2, 0.25) is 0 Å². The quantitative estimate of drug-likeness (QED) is 0.869. The van der Waals surface area contributed by atoms with E-state index in [9.17, 15) is 4.79 Å². The summed E-state index contributed by atoms with van der Waals surface area (Å²) < 4.78 is 2.10. The van der Waals surface area contributed by atoms with E-state index in [1.807, 2.05) is 6.20 Å². The molecule has 5 heteroatoms. The molecule has 20 heavy (non-hydrogen) atoms. The number of nitrogens with zero attached hydrogens (tertiary/aromatic N) is 2. The molecule has 1 aromatic heterocycles. The predicted octanol–water partition coefficient (Wildman–Crippen LogP) is 2.53. The van der Waals surface area contributed by atoms with Crippen molar-refractivity contribution in [3.63, 3.8) is 0 Å². The van der Waals surface area contributed by atoms with Crippen molar-refractivity contribution in [2.75, 3.05) is 0 Å². The van der Waals surface area contributed by atoms with E-state index in [0.717, 1.165) is 18.8 Å². The first-order valence-corrected chi connectivity index (χ1v) is 7.60. The largest absolute Gasteiger partial charge is 0.335 e. The highest BCUT2D eigenvalue weighted by molar-refractivity contribution is 5.74. The maximum Gasteiger partial charge on any atom is 0.315 e. The summed E-state index contributed by atoms with van der Waals surface area (Å²) in [5, 5.41) is 5.98. The van der Waals surface area contributed by atoms with Crippen molar-refractivity contribution < 1.29 is 4.79 Å². The van der Waals surface area contributed by atoms with Gasteiger partial charge < -0.3 is 15.2 Å². The SMILES string of the molecule is CC(C)Cn1ccnc1CNC(=O)N[C@H]1CCC[C@@H]1C. The Morgan fingerprint density at radius 1 is 1.50 bits per heavy atom. The average Bonchev–Trinajstić information content (AvgIpc) is 2.97. The van der Waals surface area contributed by atoms with Crippen LogP contribution in [0.3, 0.4) is 0 Å². The van der Waals surface area contributed by atoms with Gasteiger partial charge in [-0.15, -0.1) is 0 Å².